The number of nitrogens with one attached hydrogen (secondary N) is 2. The minimum atomic E-state index is -0.720. The predicted octanol–water partition coefficient (Wildman–Crippen LogP) is 2.19. The molecule has 6 nitrogen and oxygen atoms in total. The van der Waals surface area contributed by atoms with Crippen molar-refractivity contribution in [2.75, 3.05) is 0 Å². The molecule has 0 bridgehead atoms. The van der Waals surface area contributed by atoms with Crippen LogP contribution in [0.3, 0.4) is 0 Å². The van der Waals surface area contributed by atoms with Crippen LogP contribution in [-0.4, -0.2) is 35.7 Å². The van der Waals surface area contributed by atoms with Gasteiger partial charge in [0.2, 0.25) is 12.0 Å². The molecule has 28 heavy (non-hydrogen) atoms. The molecule has 0 aromatic heterocycles. The first-order valence-electron chi connectivity index (χ1n) is 9.62. The lowest BCUT2D eigenvalue weighted by Crippen LogP contribution is -2.51. The lowest BCUT2D eigenvalue weighted by Gasteiger charge is -2.20. The van der Waals surface area contributed by atoms with Gasteiger partial charge in [-0.2, -0.15) is 0 Å². The maximum atomic E-state index is 12.7. The third-order valence-electron chi connectivity index (χ3n) is 4.91. The van der Waals surface area contributed by atoms with Gasteiger partial charge in [-0.1, -0.05) is 65.8 Å². The van der Waals surface area contributed by atoms with Gasteiger partial charge in [-0.25, -0.2) is 0 Å². The van der Waals surface area contributed by atoms with E-state index in [9.17, 15) is 9.59 Å². The first-order chi connectivity index (χ1) is 13.7. The van der Waals surface area contributed by atoms with E-state index >= 15 is 0 Å². The van der Waals surface area contributed by atoms with Crippen LogP contribution in [0.1, 0.15) is 30.4 Å². The van der Waals surface area contributed by atoms with Crippen LogP contribution < -0.4 is 10.6 Å². The van der Waals surface area contributed by atoms with Crippen molar-refractivity contribution in [1.29, 1.82) is 0 Å². The lowest BCUT2D eigenvalue weighted by atomic mass is 10.0. The molecule has 2 aliphatic rings. The number of hydrogen-bond donors (Lipinski definition) is 2. The average Bonchev–Trinajstić information content (AvgIpc) is 3.40. The number of carbonyl (C=O) groups excluding carboxylic acids is 2. The summed E-state index contributed by atoms with van der Waals surface area (Å²) in [4.78, 5) is 30.7. The van der Waals surface area contributed by atoms with Crippen molar-refractivity contribution >= 4 is 17.5 Å². The minimum Gasteiger partial charge on any atom is -0.382 e. The third kappa shape index (κ3) is 4.57. The third-order valence-corrected chi connectivity index (χ3v) is 4.91. The molecule has 1 saturated carbocycles. The number of oxime groups is 1. The first kappa shape index (κ1) is 18.2. The van der Waals surface area contributed by atoms with E-state index in [2.05, 4.69) is 15.8 Å². The molecule has 0 saturated heterocycles. The SMILES string of the molecule is O=C(NC1CC1)[C@H](Cc1ccccc1)NC(=O)[C@H]1CC(c2ccccc2)=NO1. The normalized spacial score (nSPS) is 19.3. The van der Waals surface area contributed by atoms with E-state index < -0.39 is 12.1 Å². The Balaban J connectivity index is 1.39. The standard InChI is InChI=1S/C22H23N3O3/c26-21(23-17-11-12-17)19(13-15-7-3-1-4-8-15)24-22(27)20-14-18(25-28-20)16-9-5-2-6-10-16/h1-10,17,19-20H,11-14H2,(H,23,26)(H,24,27)/t19-,20+/m0/s1. The summed E-state index contributed by atoms with van der Waals surface area (Å²) in [5, 5.41) is 9.90. The van der Waals surface area contributed by atoms with Crippen LogP contribution in [-0.2, 0) is 20.8 Å². The molecule has 1 aliphatic carbocycles. The second kappa shape index (κ2) is 8.25. The van der Waals surface area contributed by atoms with Gasteiger partial charge in [0.1, 0.15) is 6.04 Å². The summed E-state index contributed by atoms with van der Waals surface area (Å²) >= 11 is 0. The molecule has 1 heterocycles. The minimum absolute atomic E-state index is 0.151. The van der Waals surface area contributed by atoms with E-state index in [1.807, 2.05) is 60.7 Å². The molecule has 0 radical (unpaired) electrons. The largest absolute Gasteiger partial charge is 0.382 e. The molecule has 4 rings (SSSR count). The molecule has 6 heteroatoms. The van der Waals surface area contributed by atoms with Crippen LogP contribution in [0.15, 0.2) is 65.8 Å². The molecule has 2 N–H and O–H groups in total. The Morgan fingerprint density at radius 2 is 1.71 bits per heavy atom. The number of hydrogen-bond acceptors (Lipinski definition) is 4. The maximum Gasteiger partial charge on any atom is 0.265 e. The van der Waals surface area contributed by atoms with E-state index in [-0.39, 0.29) is 17.9 Å². The van der Waals surface area contributed by atoms with Crippen molar-refractivity contribution in [2.45, 2.75) is 43.9 Å². The van der Waals surface area contributed by atoms with Crippen molar-refractivity contribution in [3.63, 3.8) is 0 Å². The highest BCUT2D eigenvalue weighted by Crippen LogP contribution is 2.20. The highest BCUT2D eigenvalue weighted by Gasteiger charge is 2.33. The second-order valence-corrected chi connectivity index (χ2v) is 7.24. The lowest BCUT2D eigenvalue weighted by molar-refractivity contribution is -0.135. The zero-order chi connectivity index (χ0) is 19.3. The van der Waals surface area contributed by atoms with Gasteiger partial charge < -0.3 is 15.5 Å². The second-order valence-electron chi connectivity index (χ2n) is 7.24. The molecule has 0 unspecified atom stereocenters. The van der Waals surface area contributed by atoms with Gasteiger partial charge in [0.15, 0.2) is 0 Å². The van der Waals surface area contributed by atoms with Crippen LogP contribution in [0.2, 0.25) is 0 Å². The van der Waals surface area contributed by atoms with Crippen molar-refractivity contribution < 1.29 is 14.4 Å². The number of nitrogens with zero attached hydrogens (tertiary/aromatic N) is 1. The first-order valence-corrected chi connectivity index (χ1v) is 9.62. The highest BCUT2D eigenvalue weighted by molar-refractivity contribution is 6.04. The molecule has 1 fully saturated rings. The molecule has 2 amide bonds. The number of benzene rings is 2. The molecule has 144 valence electrons. The van der Waals surface area contributed by atoms with Gasteiger partial charge in [-0.3, -0.25) is 9.59 Å². The Kier molecular flexibility index (Phi) is 5.37. The zero-order valence-corrected chi connectivity index (χ0v) is 15.5. The predicted molar refractivity (Wildman–Crippen MR) is 106 cm³/mol. The fourth-order valence-electron chi connectivity index (χ4n) is 3.17. The van der Waals surface area contributed by atoms with Gasteiger partial charge in [0.05, 0.1) is 5.71 Å². The highest BCUT2D eigenvalue weighted by atomic mass is 16.6. The van der Waals surface area contributed by atoms with E-state index in [1.54, 1.807) is 0 Å². The van der Waals surface area contributed by atoms with Gasteiger partial charge in [0, 0.05) is 18.9 Å². The summed E-state index contributed by atoms with van der Waals surface area (Å²) in [5.74, 6) is -0.469. The zero-order valence-electron chi connectivity index (χ0n) is 15.5. The number of carbonyl (C=O) groups is 2. The quantitative estimate of drug-likeness (QED) is 0.776. The summed E-state index contributed by atoms with van der Waals surface area (Å²) in [6.45, 7) is 0. The van der Waals surface area contributed by atoms with Crippen molar-refractivity contribution in [2.24, 2.45) is 5.16 Å². The molecular formula is C22H23N3O3. The molecule has 2 aromatic carbocycles. The van der Waals surface area contributed by atoms with E-state index in [0.717, 1.165) is 29.7 Å². The van der Waals surface area contributed by atoms with E-state index in [1.165, 1.54) is 0 Å². The summed E-state index contributed by atoms with van der Waals surface area (Å²) < 4.78 is 0. The maximum absolute atomic E-state index is 12.7. The fraction of sp³-hybridized carbons (Fsp3) is 0.318. The van der Waals surface area contributed by atoms with Gasteiger partial charge in [-0.05, 0) is 24.0 Å². The summed E-state index contributed by atoms with van der Waals surface area (Å²) in [7, 11) is 0. The fourth-order valence-corrected chi connectivity index (χ4v) is 3.17. The Morgan fingerprint density at radius 1 is 1.04 bits per heavy atom. The Morgan fingerprint density at radius 3 is 2.39 bits per heavy atom. The smallest absolute Gasteiger partial charge is 0.265 e. The van der Waals surface area contributed by atoms with E-state index in [4.69, 9.17) is 4.84 Å². The van der Waals surface area contributed by atoms with E-state index in [0.29, 0.717) is 12.8 Å². The Labute approximate surface area is 164 Å². The van der Waals surface area contributed by atoms with Gasteiger partial charge >= 0.3 is 0 Å². The van der Waals surface area contributed by atoms with Crippen LogP contribution in [0.25, 0.3) is 0 Å². The van der Waals surface area contributed by atoms with Crippen LogP contribution >= 0.6 is 0 Å². The van der Waals surface area contributed by atoms with Crippen LogP contribution in [0, 0.1) is 0 Å². The number of rotatable bonds is 7. The topological polar surface area (TPSA) is 79.8 Å². The monoisotopic (exact) mass is 377 g/mol. The summed E-state index contributed by atoms with van der Waals surface area (Å²) in [5.41, 5.74) is 2.67. The van der Waals surface area contributed by atoms with Crippen molar-refractivity contribution in [3.05, 3.63) is 71.8 Å². The van der Waals surface area contributed by atoms with Crippen molar-refractivity contribution in [1.82, 2.24) is 10.6 Å². The van der Waals surface area contributed by atoms with Crippen LogP contribution in [0.4, 0.5) is 0 Å². The Bertz CT molecular complexity index is 863. The number of amides is 2. The Hall–Kier alpha value is -3.15. The molecule has 1 aliphatic heterocycles. The van der Waals surface area contributed by atoms with Gasteiger partial charge in [-0.15, -0.1) is 0 Å². The average molecular weight is 377 g/mol. The summed E-state index contributed by atoms with van der Waals surface area (Å²) in [6, 6.07) is 18.9. The molecule has 0 spiro atoms. The van der Waals surface area contributed by atoms with Crippen LogP contribution in [0.5, 0.6) is 0 Å². The molecule has 2 aromatic rings. The van der Waals surface area contributed by atoms with Crippen molar-refractivity contribution in [3.8, 4) is 0 Å². The molecule has 2 atom stereocenters. The molecular weight excluding hydrogens is 354 g/mol. The van der Waals surface area contributed by atoms with Gasteiger partial charge in [0.25, 0.3) is 5.91 Å². The summed E-state index contributed by atoms with van der Waals surface area (Å²) in [6.07, 6.45) is 2.10.